The van der Waals surface area contributed by atoms with Gasteiger partial charge in [-0.15, -0.1) is 0 Å². The number of benzene rings is 2. The molecule has 1 amide bonds. The molecule has 1 aromatic heterocycles. The zero-order valence-electron chi connectivity index (χ0n) is 15.0. The molecule has 3 aromatic rings. The maximum atomic E-state index is 12.5. The van der Waals surface area contributed by atoms with Gasteiger partial charge in [0.1, 0.15) is 11.4 Å². The van der Waals surface area contributed by atoms with E-state index in [1.807, 2.05) is 18.2 Å². The molecule has 0 bridgehead atoms. The Kier molecular flexibility index (Phi) is 5.47. The number of pyridine rings is 1. The van der Waals surface area contributed by atoms with Crippen molar-refractivity contribution in [1.29, 1.82) is 0 Å². The number of nitrogens with one attached hydrogen (secondary N) is 2. The van der Waals surface area contributed by atoms with Crippen molar-refractivity contribution in [3.63, 3.8) is 0 Å². The van der Waals surface area contributed by atoms with Gasteiger partial charge in [0.25, 0.3) is 5.91 Å². The molecule has 0 aliphatic rings. The number of ketones is 1. The van der Waals surface area contributed by atoms with Crippen LogP contribution in [0.15, 0.2) is 66.9 Å². The summed E-state index contributed by atoms with van der Waals surface area (Å²) in [5.41, 5.74) is 2.89. The van der Waals surface area contributed by atoms with Crippen LogP contribution < -0.4 is 15.4 Å². The minimum absolute atomic E-state index is 0.00902. The van der Waals surface area contributed by atoms with Crippen molar-refractivity contribution in [1.82, 2.24) is 4.98 Å². The Morgan fingerprint density at radius 1 is 0.963 bits per heavy atom. The van der Waals surface area contributed by atoms with Gasteiger partial charge >= 0.3 is 0 Å². The van der Waals surface area contributed by atoms with Crippen LogP contribution in [0.4, 0.5) is 17.1 Å². The summed E-state index contributed by atoms with van der Waals surface area (Å²) in [6.45, 7) is 1.52. The Bertz CT molecular complexity index is 986. The third-order valence-electron chi connectivity index (χ3n) is 3.91. The van der Waals surface area contributed by atoms with E-state index >= 15 is 0 Å². The molecule has 0 spiro atoms. The van der Waals surface area contributed by atoms with E-state index in [-0.39, 0.29) is 17.4 Å². The van der Waals surface area contributed by atoms with E-state index in [0.717, 1.165) is 5.69 Å². The minimum atomic E-state index is -0.347. The molecule has 2 aromatic carbocycles. The summed E-state index contributed by atoms with van der Waals surface area (Å²) in [6, 6.07) is 17.7. The van der Waals surface area contributed by atoms with Crippen LogP contribution in [0.25, 0.3) is 0 Å². The molecule has 0 unspecified atom stereocenters. The van der Waals surface area contributed by atoms with Crippen LogP contribution in [0, 0.1) is 0 Å². The lowest BCUT2D eigenvalue weighted by atomic mass is 10.1. The van der Waals surface area contributed by atoms with Crippen LogP contribution in [0.1, 0.15) is 27.8 Å². The van der Waals surface area contributed by atoms with Gasteiger partial charge in [-0.05, 0) is 43.3 Å². The fourth-order valence-electron chi connectivity index (χ4n) is 2.55. The van der Waals surface area contributed by atoms with Crippen molar-refractivity contribution in [3.8, 4) is 5.75 Å². The van der Waals surface area contributed by atoms with Gasteiger partial charge in [-0.2, -0.15) is 0 Å². The number of ether oxygens (including phenoxy) is 1. The van der Waals surface area contributed by atoms with Crippen LogP contribution in [0.5, 0.6) is 5.75 Å². The third kappa shape index (κ3) is 4.49. The fourth-order valence-corrected chi connectivity index (χ4v) is 2.55. The number of Topliss-reactive ketones (excluding diaryl/α,β-unsaturated/α-hetero) is 1. The third-order valence-corrected chi connectivity index (χ3v) is 3.91. The van der Waals surface area contributed by atoms with Gasteiger partial charge in [-0.25, -0.2) is 0 Å². The van der Waals surface area contributed by atoms with Gasteiger partial charge in [-0.3, -0.25) is 14.6 Å². The molecule has 0 aliphatic heterocycles. The molecule has 0 atom stereocenters. The largest absolute Gasteiger partial charge is 0.495 e. The number of carbonyl (C=O) groups excluding carboxylic acids is 2. The van der Waals surface area contributed by atoms with Gasteiger partial charge in [0.15, 0.2) is 5.78 Å². The number of rotatable bonds is 6. The van der Waals surface area contributed by atoms with Crippen LogP contribution in [0.3, 0.4) is 0 Å². The summed E-state index contributed by atoms with van der Waals surface area (Å²) in [5.74, 6) is 0.215. The van der Waals surface area contributed by atoms with E-state index in [1.54, 1.807) is 55.8 Å². The Morgan fingerprint density at radius 2 is 1.74 bits per heavy atom. The maximum absolute atomic E-state index is 12.5. The van der Waals surface area contributed by atoms with Gasteiger partial charge in [0, 0.05) is 23.1 Å². The summed E-state index contributed by atoms with van der Waals surface area (Å²) in [4.78, 5) is 28.2. The Balaban J connectivity index is 1.78. The van der Waals surface area contributed by atoms with Crippen molar-refractivity contribution in [3.05, 3.63) is 78.1 Å². The Hall–Kier alpha value is -3.67. The molecule has 0 saturated carbocycles. The molecule has 6 heteroatoms. The SMILES string of the molecule is COc1ccccc1NC(=O)c1cc(Nc2cccc(C(C)=O)c2)ccn1. The van der Waals surface area contributed by atoms with E-state index in [0.29, 0.717) is 22.7 Å². The first-order chi connectivity index (χ1) is 13.1. The highest BCUT2D eigenvalue weighted by Gasteiger charge is 2.11. The first-order valence-corrected chi connectivity index (χ1v) is 8.35. The van der Waals surface area contributed by atoms with Crippen molar-refractivity contribution in [2.45, 2.75) is 6.92 Å². The first kappa shape index (κ1) is 18.1. The first-order valence-electron chi connectivity index (χ1n) is 8.35. The second kappa shape index (κ2) is 8.14. The van der Waals surface area contributed by atoms with E-state index < -0.39 is 0 Å². The zero-order chi connectivity index (χ0) is 19.2. The number of methoxy groups -OCH3 is 1. The summed E-state index contributed by atoms with van der Waals surface area (Å²) in [5, 5.41) is 5.98. The molecule has 0 saturated heterocycles. The Morgan fingerprint density at radius 3 is 2.52 bits per heavy atom. The second-order valence-electron chi connectivity index (χ2n) is 5.85. The van der Waals surface area contributed by atoms with Crippen LogP contribution in [-0.2, 0) is 0 Å². The van der Waals surface area contributed by atoms with E-state index in [4.69, 9.17) is 4.74 Å². The van der Waals surface area contributed by atoms with Crippen molar-refractivity contribution >= 4 is 28.8 Å². The van der Waals surface area contributed by atoms with E-state index in [1.165, 1.54) is 6.92 Å². The van der Waals surface area contributed by atoms with E-state index in [9.17, 15) is 9.59 Å². The highest BCUT2D eigenvalue weighted by molar-refractivity contribution is 6.04. The standard InChI is InChI=1S/C21H19N3O3/c1-14(25)15-6-5-7-16(12-15)23-17-10-11-22-19(13-17)21(26)24-18-8-3-4-9-20(18)27-2/h3-13H,1-2H3,(H,22,23)(H,24,26). The predicted molar refractivity (Wildman–Crippen MR) is 105 cm³/mol. The molecule has 0 aliphatic carbocycles. The van der Waals surface area contributed by atoms with E-state index in [2.05, 4.69) is 15.6 Å². The highest BCUT2D eigenvalue weighted by Crippen LogP contribution is 2.24. The molecular formula is C21H19N3O3. The quantitative estimate of drug-likeness (QED) is 0.640. The molecule has 0 radical (unpaired) electrons. The molecule has 27 heavy (non-hydrogen) atoms. The molecule has 3 rings (SSSR count). The molecule has 1 heterocycles. The molecule has 0 fully saturated rings. The normalized spacial score (nSPS) is 10.1. The topological polar surface area (TPSA) is 80.3 Å². The van der Waals surface area contributed by atoms with Crippen molar-refractivity contribution in [2.75, 3.05) is 17.7 Å². The smallest absolute Gasteiger partial charge is 0.274 e. The lowest BCUT2D eigenvalue weighted by Gasteiger charge is -2.11. The van der Waals surface area contributed by atoms with Gasteiger partial charge < -0.3 is 15.4 Å². The lowest BCUT2D eigenvalue weighted by Crippen LogP contribution is -2.14. The van der Waals surface area contributed by atoms with Gasteiger partial charge in [0.05, 0.1) is 12.8 Å². The number of para-hydroxylation sites is 2. The van der Waals surface area contributed by atoms with Gasteiger partial charge in [-0.1, -0.05) is 24.3 Å². The number of hydrogen-bond donors (Lipinski definition) is 2. The summed E-state index contributed by atoms with van der Waals surface area (Å²) in [6.07, 6.45) is 1.55. The number of amides is 1. The monoisotopic (exact) mass is 361 g/mol. The summed E-state index contributed by atoms with van der Waals surface area (Å²) in [7, 11) is 1.54. The number of anilines is 3. The molecule has 2 N–H and O–H groups in total. The average Bonchev–Trinajstić information content (AvgIpc) is 2.69. The zero-order valence-corrected chi connectivity index (χ0v) is 15.0. The highest BCUT2D eigenvalue weighted by atomic mass is 16.5. The molecular weight excluding hydrogens is 342 g/mol. The van der Waals surface area contributed by atoms with Gasteiger partial charge in [0.2, 0.25) is 0 Å². The lowest BCUT2D eigenvalue weighted by molar-refractivity contribution is 0.101. The number of hydrogen-bond acceptors (Lipinski definition) is 5. The number of nitrogens with zero attached hydrogens (tertiary/aromatic N) is 1. The molecule has 6 nitrogen and oxygen atoms in total. The molecule has 136 valence electrons. The second-order valence-corrected chi connectivity index (χ2v) is 5.85. The summed E-state index contributed by atoms with van der Waals surface area (Å²) >= 11 is 0. The minimum Gasteiger partial charge on any atom is -0.495 e. The van der Waals surface area contributed by atoms with Crippen LogP contribution >= 0.6 is 0 Å². The van der Waals surface area contributed by atoms with Crippen LogP contribution in [0.2, 0.25) is 0 Å². The predicted octanol–water partition coefficient (Wildman–Crippen LogP) is 4.29. The van der Waals surface area contributed by atoms with Crippen molar-refractivity contribution < 1.29 is 14.3 Å². The Labute approximate surface area is 157 Å². The average molecular weight is 361 g/mol. The number of carbonyl (C=O) groups is 2. The fraction of sp³-hybridized carbons (Fsp3) is 0.0952. The summed E-state index contributed by atoms with van der Waals surface area (Å²) < 4.78 is 5.24. The number of aromatic nitrogens is 1. The maximum Gasteiger partial charge on any atom is 0.274 e. The van der Waals surface area contributed by atoms with Crippen molar-refractivity contribution in [2.24, 2.45) is 0 Å². The van der Waals surface area contributed by atoms with Crippen LogP contribution in [-0.4, -0.2) is 23.8 Å².